The zero-order valence-electron chi connectivity index (χ0n) is 13.0. The van der Waals surface area contributed by atoms with Gasteiger partial charge in [-0.25, -0.2) is 9.78 Å². The fourth-order valence-corrected chi connectivity index (χ4v) is 3.53. The quantitative estimate of drug-likeness (QED) is 0.934. The van der Waals surface area contributed by atoms with Gasteiger partial charge in [0.15, 0.2) is 5.13 Å². The summed E-state index contributed by atoms with van der Waals surface area (Å²) < 4.78 is 4.60. The summed E-state index contributed by atoms with van der Waals surface area (Å²) in [6.45, 7) is 2.76. The topological polar surface area (TPSA) is 54.5 Å². The van der Waals surface area contributed by atoms with Crippen molar-refractivity contribution in [2.24, 2.45) is 0 Å². The minimum atomic E-state index is -0.473. The van der Waals surface area contributed by atoms with Crippen molar-refractivity contribution in [3.63, 3.8) is 0 Å². The Balaban J connectivity index is 1.57. The minimum Gasteiger partial charge on any atom is -0.453 e. The van der Waals surface area contributed by atoms with E-state index in [1.54, 1.807) is 0 Å². The second-order valence-corrected chi connectivity index (χ2v) is 6.39. The Morgan fingerprint density at radius 2 is 2.26 bits per heavy atom. The first-order valence-electron chi connectivity index (χ1n) is 7.52. The van der Waals surface area contributed by atoms with Crippen LogP contribution in [0.25, 0.3) is 6.08 Å². The van der Waals surface area contributed by atoms with Gasteiger partial charge in [0.1, 0.15) is 0 Å². The summed E-state index contributed by atoms with van der Waals surface area (Å²) in [6.07, 6.45) is 4.77. The average Bonchev–Trinajstić information content (AvgIpc) is 2.97. The molecule has 0 spiro atoms. The maximum absolute atomic E-state index is 11.2. The second kappa shape index (κ2) is 7.39. The second-order valence-electron chi connectivity index (χ2n) is 5.30. The van der Waals surface area contributed by atoms with Crippen LogP contribution in [0.15, 0.2) is 36.4 Å². The van der Waals surface area contributed by atoms with Gasteiger partial charge in [0.25, 0.3) is 0 Å². The Bertz CT molecular complexity index is 697. The van der Waals surface area contributed by atoms with E-state index in [-0.39, 0.29) is 0 Å². The zero-order valence-corrected chi connectivity index (χ0v) is 13.8. The molecule has 2 heterocycles. The molecule has 2 aromatic rings. The van der Waals surface area contributed by atoms with Crippen LogP contribution in [0.2, 0.25) is 0 Å². The van der Waals surface area contributed by atoms with E-state index in [1.807, 2.05) is 18.2 Å². The standard InChI is InChI=1S/C17H19N3O2S/c1-22-17(21)19-16-18-14-9-11-20(12-15(14)23-16)10-5-8-13-6-3-2-4-7-13/h2-8H,9-12H2,1H3,(H,18,19,21)/b8-5+. The van der Waals surface area contributed by atoms with Crippen LogP contribution in [-0.4, -0.2) is 36.2 Å². The molecule has 0 atom stereocenters. The zero-order chi connectivity index (χ0) is 16.1. The van der Waals surface area contributed by atoms with Crippen molar-refractivity contribution >= 4 is 28.6 Å². The minimum absolute atomic E-state index is 0.473. The number of rotatable bonds is 4. The first-order valence-corrected chi connectivity index (χ1v) is 8.34. The van der Waals surface area contributed by atoms with E-state index in [2.05, 4.69) is 44.2 Å². The molecule has 0 radical (unpaired) electrons. The third-order valence-corrected chi connectivity index (χ3v) is 4.68. The Hall–Kier alpha value is -2.18. The molecule has 1 amide bonds. The smallest absolute Gasteiger partial charge is 0.413 e. The molecule has 3 rings (SSSR count). The highest BCUT2D eigenvalue weighted by Gasteiger charge is 2.20. The third-order valence-electron chi connectivity index (χ3n) is 3.68. The molecule has 0 saturated heterocycles. The van der Waals surface area contributed by atoms with Gasteiger partial charge in [-0.1, -0.05) is 53.8 Å². The molecule has 5 nitrogen and oxygen atoms in total. The lowest BCUT2D eigenvalue weighted by atomic mass is 10.1. The molecule has 0 saturated carbocycles. The molecule has 1 aromatic heterocycles. The molecule has 1 aromatic carbocycles. The molecule has 6 heteroatoms. The van der Waals surface area contributed by atoms with E-state index in [9.17, 15) is 4.79 Å². The van der Waals surface area contributed by atoms with E-state index in [4.69, 9.17) is 0 Å². The van der Waals surface area contributed by atoms with Crippen LogP contribution in [0.1, 0.15) is 16.1 Å². The van der Waals surface area contributed by atoms with Crippen LogP contribution in [0, 0.1) is 0 Å². The summed E-state index contributed by atoms with van der Waals surface area (Å²) in [6, 6.07) is 10.3. The maximum Gasteiger partial charge on any atom is 0.413 e. The molecule has 0 unspecified atom stereocenters. The molecule has 0 fully saturated rings. The van der Waals surface area contributed by atoms with E-state index in [1.165, 1.54) is 28.9 Å². The molecule has 1 aliphatic rings. The number of methoxy groups -OCH3 is 1. The molecular weight excluding hydrogens is 310 g/mol. The predicted octanol–water partition coefficient (Wildman–Crippen LogP) is 3.39. The van der Waals surface area contributed by atoms with Gasteiger partial charge in [0, 0.05) is 30.9 Å². The number of aromatic nitrogens is 1. The first-order chi connectivity index (χ1) is 11.2. The molecule has 1 N–H and O–H groups in total. The number of ether oxygens (including phenoxy) is 1. The monoisotopic (exact) mass is 329 g/mol. The number of hydrogen-bond acceptors (Lipinski definition) is 5. The summed E-state index contributed by atoms with van der Waals surface area (Å²) in [4.78, 5) is 19.3. The summed E-state index contributed by atoms with van der Waals surface area (Å²) in [5.41, 5.74) is 2.30. The van der Waals surface area contributed by atoms with E-state index in [0.717, 1.165) is 31.7 Å². The lowest BCUT2D eigenvalue weighted by molar-refractivity contribution is 0.187. The number of fused-ring (bicyclic) bond motifs is 1. The number of benzene rings is 1. The SMILES string of the molecule is COC(=O)Nc1nc2c(s1)CN(C/C=C/c1ccccc1)CC2. The molecule has 120 valence electrons. The average molecular weight is 329 g/mol. The summed E-state index contributed by atoms with van der Waals surface area (Å²) in [5.74, 6) is 0. The van der Waals surface area contributed by atoms with Gasteiger partial charge >= 0.3 is 6.09 Å². The molecule has 0 aliphatic carbocycles. The number of anilines is 1. The highest BCUT2D eigenvalue weighted by atomic mass is 32.1. The Morgan fingerprint density at radius 1 is 1.43 bits per heavy atom. The van der Waals surface area contributed by atoms with Crippen molar-refractivity contribution < 1.29 is 9.53 Å². The fraction of sp³-hybridized carbons (Fsp3) is 0.294. The van der Waals surface area contributed by atoms with Gasteiger partial charge in [-0.15, -0.1) is 0 Å². The van der Waals surface area contributed by atoms with Gasteiger partial charge < -0.3 is 4.74 Å². The van der Waals surface area contributed by atoms with Gasteiger partial charge in [-0.2, -0.15) is 0 Å². The Labute approximate surface area is 139 Å². The van der Waals surface area contributed by atoms with Crippen molar-refractivity contribution in [3.05, 3.63) is 52.5 Å². The molecular formula is C17H19N3O2S. The highest BCUT2D eigenvalue weighted by molar-refractivity contribution is 7.15. The molecule has 0 bridgehead atoms. The molecule has 1 aliphatic heterocycles. The summed E-state index contributed by atoms with van der Waals surface area (Å²) in [5, 5.41) is 3.26. The summed E-state index contributed by atoms with van der Waals surface area (Å²) in [7, 11) is 1.35. The van der Waals surface area contributed by atoms with Crippen LogP contribution in [0.3, 0.4) is 0 Å². The Morgan fingerprint density at radius 3 is 3.04 bits per heavy atom. The van der Waals surface area contributed by atoms with Crippen molar-refractivity contribution in [1.29, 1.82) is 0 Å². The van der Waals surface area contributed by atoms with E-state index < -0.39 is 6.09 Å². The van der Waals surface area contributed by atoms with Crippen molar-refractivity contribution in [2.75, 3.05) is 25.5 Å². The van der Waals surface area contributed by atoms with Gasteiger partial charge in [0.05, 0.1) is 12.8 Å². The number of carbonyl (C=O) groups excluding carboxylic acids is 1. The maximum atomic E-state index is 11.2. The third kappa shape index (κ3) is 4.18. The normalized spacial score (nSPS) is 14.7. The van der Waals surface area contributed by atoms with Crippen LogP contribution >= 0.6 is 11.3 Å². The van der Waals surface area contributed by atoms with E-state index in [0.29, 0.717) is 5.13 Å². The number of nitrogens with zero attached hydrogens (tertiary/aromatic N) is 2. The van der Waals surface area contributed by atoms with Crippen LogP contribution in [0.4, 0.5) is 9.93 Å². The number of amides is 1. The van der Waals surface area contributed by atoms with Crippen LogP contribution < -0.4 is 5.32 Å². The van der Waals surface area contributed by atoms with Gasteiger partial charge in [-0.3, -0.25) is 10.2 Å². The fourth-order valence-electron chi connectivity index (χ4n) is 2.50. The largest absolute Gasteiger partial charge is 0.453 e. The lowest BCUT2D eigenvalue weighted by Gasteiger charge is -2.24. The predicted molar refractivity (Wildman–Crippen MR) is 92.6 cm³/mol. The number of thiazole rings is 1. The number of carbonyl (C=O) groups is 1. The lowest BCUT2D eigenvalue weighted by Crippen LogP contribution is -2.29. The highest BCUT2D eigenvalue weighted by Crippen LogP contribution is 2.28. The van der Waals surface area contributed by atoms with Crippen molar-refractivity contribution in [1.82, 2.24) is 9.88 Å². The number of hydrogen-bond donors (Lipinski definition) is 1. The Kier molecular flexibility index (Phi) is 5.05. The van der Waals surface area contributed by atoms with Crippen molar-refractivity contribution in [3.8, 4) is 0 Å². The summed E-state index contributed by atoms with van der Waals surface area (Å²) >= 11 is 1.52. The van der Waals surface area contributed by atoms with Crippen molar-refractivity contribution in [2.45, 2.75) is 13.0 Å². The van der Waals surface area contributed by atoms with Gasteiger partial charge in [0.2, 0.25) is 0 Å². The van der Waals surface area contributed by atoms with Crippen LogP contribution in [-0.2, 0) is 17.7 Å². The van der Waals surface area contributed by atoms with E-state index >= 15 is 0 Å². The first kappa shape index (κ1) is 15.7. The van der Waals surface area contributed by atoms with Gasteiger partial charge in [-0.05, 0) is 5.56 Å². The molecule has 23 heavy (non-hydrogen) atoms. The number of nitrogens with one attached hydrogen (secondary N) is 1. The van der Waals surface area contributed by atoms with Crippen LogP contribution in [0.5, 0.6) is 0 Å².